The molecule has 2 aliphatic carbocycles. The van der Waals surface area contributed by atoms with Crippen LogP contribution in [0.1, 0.15) is 74.2 Å². The molecular formula is C21H27N3O3S. The summed E-state index contributed by atoms with van der Waals surface area (Å²) in [6.07, 6.45) is 10.9. The van der Waals surface area contributed by atoms with Gasteiger partial charge in [-0.05, 0) is 49.9 Å². The Balaban J connectivity index is 1.47. The monoisotopic (exact) mass is 401 g/mol. The minimum atomic E-state index is -3.30. The fraction of sp³-hybridized carbons (Fsp3) is 0.524. The van der Waals surface area contributed by atoms with E-state index < -0.39 is 9.84 Å². The van der Waals surface area contributed by atoms with Gasteiger partial charge in [0, 0.05) is 11.6 Å². The molecule has 7 heteroatoms. The Labute approximate surface area is 166 Å². The van der Waals surface area contributed by atoms with E-state index in [0.29, 0.717) is 22.3 Å². The molecule has 1 aromatic carbocycles. The van der Waals surface area contributed by atoms with Crippen LogP contribution in [0, 0.1) is 0 Å². The normalized spacial score (nSPS) is 19.0. The summed E-state index contributed by atoms with van der Waals surface area (Å²) in [5.74, 6) is 0.446. The maximum absolute atomic E-state index is 12.7. The molecule has 0 bridgehead atoms. The number of amides is 1. The molecule has 0 saturated heterocycles. The van der Waals surface area contributed by atoms with Gasteiger partial charge in [0.25, 0.3) is 5.91 Å². The Morgan fingerprint density at radius 1 is 0.929 bits per heavy atom. The van der Waals surface area contributed by atoms with Crippen LogP contribution < -0.4 is 5.32 Å². The van der Waals surface area contributed by atoms with Gasteiger partial charge in [-0.15, -0.1) is 0 Å². The Bertz CT molecular complexity index is 922. The van der Waals surface area contributed by atoms with E-state index >= 15 is 0 Å². The Hall–Kier alpha value is -2.15. The summed E-state index contributed by atoms with van der Waals surface area (Å²) < 4.78 is 27.3. The first-order chi connectivity index (χ1) is 13.6. The van der Waals surface area contributed by atoms with Crippen LogP contribution >= 0.6 is 0 Å². The van der Waals surface area contributed by atoms with Gasteiger partial charge in [0.2, 0.25) is 0 Å². The molecule has 2 aromatic rings. The largest absolute Gasteiger partial charge is 0.307 e. The smallest absolute Gasteiger partial charge is 0.256 e. The van der Waals surface area contributed by atoms with E-state index in [1.807, 2.05) is 10.7 Å². The van der Waals surface area contributed by atoms with Crippen molar-refractivity contribution in [2.45, 2.75) is 74.0 Å². The van der Waals surface area contributed by atoms with Crippen LogP contribution in [-0.2, 0) is 9.84 Å². The Kier molecular flexibility index (Phi) is 5.53. The van der Waals surface area contributed by atoms with Crippen LogP contribution in [0.25, 0.3) is 0 Å². The quantitative estimate of drug-likeness (QED) is 0.807. The van der Waals surface area contributed by atoms with Gasteiger partial charge < -0.3 is 5.32 Å². The molecule has 0 radical (unpaired) electrons. The van der Waals surface area contributed by atoms with E-state index in [1.165, 1.54) is 19.3 Å². The van der Waals surface area contributed by atoms with E-state index in [2.05, 4.69) is 10.4 Å². The molecule has 0 unspecified atom stereocenters. The molecule has 2 fully saturated rings. The second-order valence-corrected chi connectivity index (χ2v) is 10.1. The van der Waals surface area contributed by atoms with Gasteiger partial charge >= 0.3 is 0 Å². The molecule has 0 aliphatic heterocycles. The van der Waals surface area contributed by atoms with Crippen LogP contribution in [0.3, 0.4) is 0 Å². The molecule has 2 aliphatic rings. The molecule has 150 valence electrons. The lowest BCUT2D eigenvalue weighted by molar-refractivity contribution is 0.102. The van der Waals surface area contributed by atoms with E-state index in [1.54, 1.807) is 30.5 Å². The average molecular weight is 402 g/mol. The number of rotatable bonds is 5. The predicted molar refractivity (Wildman–Crippen MR) is 108 cm³/mol. The number of hydrogen-bond donors (Lipinski definition) is 1. The summed E-state index contributed by atoms with van der Waals surface area (Å²) in [4.78, 5) is 13.0. The first kappa shape index (κ1) is 19.2. The van der Waals surface area contributed by atoms with Crippen molar-refractivity contribution in [2.24, 2.45) is 0 Å². The highest BCUT2D eigenvalue weighted by molar-refractivity contribution is 7.92. The summed E-state index contributed by atoms with van der Waals surface area (Å²) in [7, 11) is -3.30. The second-order valence-electron chi connectivity index (χ2n) is 7.88. The lowest BCUT2D eigenvalue weighted by Gasteiger charge is -2.23. The molecule has 0 atom stereocenters. The summed E-state index contributed by atoms with van der Waals surface area (Å²) in [5, 5.41) is 7.05. The molecule has 1 aromatic heterocycles. The number of carbonyl (C=O) groups is 1. The number of benzene rings is 1. The van der Waals surface area contributed by atoms with Gasteiger partial charge in [0.05, 0.1) is 22.4 Å². The van der Waals surface area contributed by atoms with Crippen LogP contribution in [0.4, 0.5) is 5.82 Å². The fourth-order valence-electron chi connectivity index (χ4n) is 4.41. The lowest BCUT2D eigenvalue weighted by Crippen LogP contribution is -2.20. The third kappa shape index (κ3) is 3.85. The van der Waals surface area contributed by atoms with Crippen molar-refractivity contribution < 1.29 is 13.2 Å². The summed E-state index contributed by atoms with van der Waals surface area (Å²) in [6.45, 7) is 0. The van der Waals surface area contributed by atoms with Gasteiger partial charge in [0.15, 0.2) is 9.84 Å². The zero-order valence-corrected chi connectivity index (χ0v) is 16.8. The molecule has 4 rings (SSSR count). The number of anilines is 1. The molecule has 1 amide bonds. The maximum atomic E-state index is 12.7. The number of nitrogens with zero attached hydrogens (tertiary/aromatic N) is 2. The second kappa shape index (κ2) is 8.07. The number of carbonyl (C=O) groups excluding carboxylic acids is 1. The van der Waals surface area contributed by atoms with Crippen molar-refractivity contribution in [3.05, 3.63) is 42.1 Å². The van der Waals surface area contributed by atoms with Crippen LogP contribution in [0.5, 0.6) is 0 Å². The fourth-order valence-corrected chi connectivity index (χ4v) is 6.26. The topological polar surface area (TPSA) is 81.1 Å². The van der Waals surface area contributed by atoms with Gasteiger partial charge in [-0.25, -0.2) is 13.1 Å². The summed E-state index contributed by atoms with van der Waals surface area (Å²) >= 11 is 0. The van der Waals surface area contributed by atoms with Gasteiger partial charge in [-0.2, -0.15) is 5.10 Å². The van der Waals surface area contributed by atoms with Crippen molar-refractivity contribution in [3.8, 4) is 0 Å². The Morgan fingerprint density at radius 3 is 2.25 bits per heavy atom. The predicted octanol–water partition coefficient (Wildman–Crippen LogP) is 4.36. The number of nitrogens with one attached hydrogen (secondary N) is 1. The zero-order valence-electron chi connectivity index (χ0n) is 16.0. The van der Waals surface area contributed by atoms with Crippen molar-refractivity contribution >= 4 is 21.6 Å². The molecule has 2 saturated carbocycles. The molecule has 28 heavy (non-hydrogen) atoms. The molecule has 0 spiro atoms. The standard InChI is InChI=1S/C21H27N3O3S/c25-21(23-20-14-15-22-24(20)17-6-2-1-3-7-17)16-10-12-19(13-11-16)28(26,27)18-8-4-5-9-18/h10-15,17-18H,1-9H2,(H,23,25). The van der Waals surface area contributed by atoms with Gasteiger partial charge in [-0.1, -0.05) is 32.1 Å². The van der Waals surface area contributed by atoms with Crippen LogP contribution in [0.2, 0.25) is 0 Å². The summed E-state index contributed by atoms with van der Waals surface area (Å²) in [6, 6.07) is 8.45. The highest BCUT2D eigenvalue weighted by Crippen LogP contribution is 2.31. The molecular weight excluding hydrogens is 374 g/mol. The molecule has 1 heterocycles. The third-order valence-electron chi connectivity index (χ3n) is 6.02. The minimum absolute atomic E-state index is 0.248. The maximum Gasteiger partial charge on any atom is 0.256 e. The first-order valence-electron chi connectivity index (χ1n) is 10.2. The number of hydrogen-bond acceptors (Lipinski definition) is 4. The number of sulfone groups is 1. The highest BCUT2D eigenvalue weighted by Gasteiger charge is 2.30. The lowest BCUT2D eigenvalue weighted by atomic mass is 9.96. The third-order valence-corrected chi connectivity index (χ3v) is 8.30. The highest BCUT2D eigenvalue weighted by atomic mass is 32.2. The molecule has 6 nitrogen and oxygen atoms in total. The van der Waals surface area contributed by atoms with Crippen molar-refractivity contribution in [1.82, 2.24) is 9.78 Å². The van der Waals surface area contributed by atoms with E-state index in [0.717, 1.165) is 38.5 Å². The van der Waals surface area contributed by atoms with Gasteiger partial charge in [0.1, 0.15) is 5.82 Å². The van der Waals surface area contributed by atoms with E-state index in [4.69, 9.17) is 0 Å². The first-order valence-corrected chi connectivity index (χ1v) is 11.8. The zero-order chi connectivity index (χ0) is 19.6. The van der Waals surface area contributed by atoms with Crippen molar-refractivity contribution in [2.75, 3.05) is 5.32 Å². The molecule has 1 N–H and O–H groups in total. The summed E-state index contributed by atoms with van der Waals surface area (Å²) in [5.41, 5.74) is 0.446. The van der Waals surface area contributed by atoms with Crippen LogP contribution in [-0.4, -0.2) is 29.4 Å². The van der Waals surface area contributed by atoms with Gasteiger partial charge in [-0.3, -0.25) is 4.79 Å². The van der Waals surface area contributed by atoms with Crippen molar-refractivity contribution in [3.63, 3.8) is 0 Å². The number of aromatic nitrogens is 2. The van der Waals surface area contributed by atoms with E-state index in [9.17, 15) is 13.2 Å². The Morgan fingerprint density at radius 2 is 1.57 bits per heavy atom. The minimum Gasteiger partial charge on any atom is -0.307 e. The average Bonchev–Trinajstić information content (AvgIpc) is 3.41. The van der Waals surface area contributed by atoms with Crippen molar-refractivity contribution in [1.29, 1.82) is 0 Å². The SMILES string of the molecule is O=C(Nc1ccnn1C1CCCCC1)c1ccc(S(=O)(=O)C2CCCC2)cc1. The van der Waals surface area contributed by atoms with E-state index in [-0.39, 0.29) is 11.2 Å². The van der Waals surface area contributed by atoms with Crippen LogP contribution in [0.15, 0.2) is 41.4 Å².